The van der Waals surface area contributed by atoms with Crippen molar-refractivity contribution in [3.8, 4) is 0 Å². The summed E-state index contributed by atoms with van der Waals surface area (Å²) in [5, 5.41) is 3.37. The second-order valence-electron chi connectivity index (χ2n) is 4.69. The summed E-state index contributed by atoms with van der Waals surface area (Å²) in [7, 11) is 0. The van der Waals surface area contributed by atoms with Crippen LogP contribution in [0.25, 0.3) is 0 Å². The minimum absolute atomic E-state index is 0.441. The lowest BCUT2D eigenvalue weighted by Crippen LogP contribution is -2.43. The average Bonchev–Trinajstić information content (AvgIpc) is 2.89. The quantitative estimate of drug-likeness (QED) is 0.812. The van der Waals surface area contributed by atoms with Crippen molar-refractivity contribution in [2.75, 3.05) is 18.0 Å². The summed E-state index contributed by atoms with van der Waals surface area (Å²) in [6.07, 6.45) is -3.15. The van der Waals surface area contributed by atoms with Crippen LogP contribution in [0.5, 0.6) is 0 Å². The Balaban J connectivity index is 1.81. The van der Waals surface area contributed by atoms with Gasteiger partial charge in [-0.3, -0.25) is 0 Å². The molecular weight excluding hydrogens is 229 g/mol. The van der Waals surface area contributed by atoms with Crippen molar-refractivity contribution in [3.05, 3.63) is 29.8 Å². The van der Waals surface area contributed by atoms with E-state index in [1.165, 1.54) is 0 Å². The standard InChI is InChI=1S/C12H13F3N2/c13-12(14,15)8-1-3-10(4-2-8)17-7-9-5-11(17)6-16-9/h1-4,9,11,16H,5-7H2/t9-,11-/m0/s1. The van der Waals surface area contributed by atoms with Gasteiger partial charge in [0.05, 0.1) is 5.56 Å². The smallest absolute Gasteiger partial charge is 0.366 e. The number of benzene rings is 1. The number of alkyl halides is 3. The molecule has 1 N–H and O–H groups in total. The van der Waals surface area contributed by atoms with Gasteiger partial charge in [-0.1, -0.05) is 0 Å². The highest BCUT2D eigenvalue weighted by Gasteiger charge is 2.38. The number of halogens is 3. The maximum absolute atomic E-state index is 12.4. The third kappa shape index (κ3) is 1.88. The molecule has 1 aromatic rings. The molecule has 2 saturated heterocycles. The number of rotatable bonds is 1. The van der Waals surface area contributed by atoms with Crippen molar-refractivity contribution >= 4 is 5.69 Å². The van der Waals surface area contributed by atoms with E-state index in [2.05, 4.69) is 10.2 Å². The minimum Gasteiger partial charge on any atom is -0.366 e. The van der Waals surface area contributed by atoms with Crippen LogP contribution in [0.2, 0.25) is 0 Å². The Hall–Kier alpha value is -1.23. The van der Waals surface area contributed by atoms with Gasteiger partial charge in [-0.2, -0.15) is 13.2 Å². The Morgan fingerprint density at radius 3 is 2.35 bits per heavy atom. The molecule has 0 spiro atoms. The van der Waals surface area contributed by atoms with Crippen molar-refractivity contribution in [1.29, 1.82) is 0 Å². The Morgan fingerprint density at radius 2 is 1.88 bits per heavy atom. The Morgan fingerprint density at radius 1 is 1.18 bits per heavy atom. The molecule has 92 valence electrons. The topological polar surface area (TPSA) is 15.3 Å². The zero-order valence-electron chi connectivity index (χ0n) is 9.17. The molecule has 2 nitrogen and oxygen atoms in total. The van der Waals surface area contributed by atoms with Gasteiger partial charge in [-0.25, -0.2) is 0 Å². The fraction of sp³-hybridized carbons (Fsp3) is 0.500. The molecule has 2 aliphatic heterocycles. The van der Waals surface area contributed by atoms with Crippen LogP contribution in [0.15, 0.2) is 24.3 Å². The molecule has 2 heterocycles. The van der Waals surface area contributed by atoms with Gasteiger partial charge in [0.15, 0.2) is 0 Å². The molecule has 0 radical (unpaired) electrons. The van der Waals surface area contributed by atoms with Gasteiger partial charge in [0.1, 0.15) is 0 Å². The van der Waals surface area contributed by atoms with Gasteiger partial charge < -0.3 is 10.2 Å². The molecule has 17 heavy (non-hydrogen) atoms. The Bertz CT molecular complexity index is 413. The molecule has 0 aliphatic carbocycles. The minimum atomic E-state index is -4.25. The van der Waals surface area contributed by atoms with E-state index in [1.54, 1.807) is 12.1 Å². The van der Waals surface area contributed by atoms with Crippen molar-refractivity contribution in [1.82, 2.24) is 5.32 Å². The molecule has 2 atom stereocenters. The molecule has 5 heteroatoms. The highest BCUT2D eigenvalue weighted by molar-refractivity contribution is 5.51. The molecule has 2 fully saturated rings. The van der Waals surface area contributed by atoms with Crippen LogP contribution in [0.4, 0.5) is 18.9 Å². The van der Waals surface area contributed by atoms with E-state index in [0.29, 0.717) is 12.1 Å². The van der Waals surface area contributed by atoms with E-state index < -0.39 is 11.7 Å². The number of nitrogens with zero attached hydrogens (tertiary/aromatic N) is 1. The maximum Gasteiger partial charge on any atom is 0.416 e. The molecule has 2 bridgehead atoms. The first-order valence-corrected chi connectivity index (χ1v) is 5.71. The van der Waals surface area contributed by atoms with Crippen molar-refractivity contribution in [2.24, 2.45) is 0 Å². The number of anilines is 1. The molecule has 0 unspecified atom stereocenters. The highest BCUT2D eigenvalue weighted by atomic mass is 19.4. The third-order valence-corrected chi connectivity index (χ3v) is 3.58. The molecule has 1 aromatic carbocycles. The van der Waals surface area contributed by atoms with Crippen molar-refractivity contribution < 1.29 is 13.2 Å². The number of hydrogen-bond acceptors (Lipinski definition) is 2. The van der Waals surface area contributed by atoms with Crippen molar-refractivity contribution in [2.45, 2.75) is 24.7 Å². The van der Waals surface area contributed by atoms with Crippen molar-refractivity contribution in [3.63, 3.8) is 0 Å². The second-order valence-corrected chi connectivity index (χ2v) is 4.69. The fourth-order valence-corrected chi connectivity index (χ4v) is 2.72. The SMILES string of the molecule is FC(F)(F)c1ccc(N2C[C@@H]3C[C@H]2CN3)cc1. The summed E-state index contributed by atoms with van der Waals surface area (Å²) in [5.74, 6) is 0. The van der Waals surface area contributed by atoms with Crippen LogP contribution >= 0.6 is 0 Å². The largest absolute Gasteiger partial charge is 0.416 e. The molecule has 0 aromatic heterocycles. The highest BCUT2D eigenvalue weighted by Crippen LogP contribution is 2.33. The number of nitrogens with one attached hydrogen (secondary N) is 1. The summed E-state index contributed by atoms with van der Waals surface area (Å²) in [6, 6.07) is 6.41. The lowest BCUT2D eigenvalue weighted by Gasteiger charge is -2.29. The second kappa shape index (κ2) is 3.63. The fourth-order valence-electron chi connectivity index (χ4n) is 2.72. The number of piperazine rings is 1. The normalized spacial score (nSPS) is 27.8. The Labute approximate surface area is 97.4 Å². The van der Waals surface area contributed by atoms with Crippen LogP contribution in [0.3, 0.4) is 0 Å². The maximum atomic E-state index is 12.4. The summed E-state index contributed by atoms with van der Waals surface area (Å²) < 4.78 is 37.3. The van der Waals surface area contributed by atoms with E-state index in [9.17, 15) is 13.2 Å². The Kier molecular flexibility index (Phi) is 2.33. The van der Waals surface area contributed by atoms with Crippen LogP contribution in [-0.4, -0.2) is 25.2 Å². The molecular formula is C12H13F3N2. The lowest BCUT2D eigenvalue weighted by atomic mass is 10.1. The van der Waals surface area contributed by atoms with E-state index in [0.717, 1.165) is 37.3 Å². The van der Waals surface area contributed by atoms with E-state index in [4.69, 9.17) is 0 Å². The van der Waals surface area contributed by atoms with Crippen LogP contribution in [0, 0.1) is 0 Å². The monoisotopic (exact) mass is 242 g/mol. The van der Waals surface area contributed by atoms with Gasteiger partial charge in [0.25, 0.3) is 0 Å². The predicted octanol–water partition coefficient (Wildman–Crippen LogP) is 2.26. The summed E-state index contributed by atoms with van der Waals surface area (Å²) in [5.41, 5.74) is 0.315. The van der Waals surface area contributed by atoms with Gasteiger partial charge in [0.2, 0.25) is 0 Å². The van der Waals surface area contributed by atoms with E-state index in [1.807, 2.05) is 0 Å². The van der Waals surface area contributed by atoms with Crippen LogP contribution in [0.1, 0.15) is 12.0 Å². The zero-order valence-corrected chi connectivity index (χ0v) is 9.17. The first kappa shape index (κ1) is 10.9. The predicted molar refractivity (Wildman–Crippen MR) is 59.0 cm³/mol. The number of fused-ring (bicyclic) bond motifs is 2. The number of hydrogen-bond donors (Lipinski definition) is 1. The van der Waals surface area contributed by atoms with Gasteiger partial charge >= 0.3 is 6.18 Å². The first-order valence-electron chi connectivity index (χ1n) is 5.71. The average molecular weight is 242 g/mol. The van der Waals surface area contributed by atoms with Gasteiger partial charge in [-0.15, -0.1) is 0 Å². The zero-order chi connectivity index (χ0) is 12.0. The van der Waals surface area contributed by atoms with E-state index in [-0.39, 0.29) is 0 Å². The van der Waals surface area contributed by atoms with Crippen LogP contribution in [-0.2, 0) is 6.18 Å². The van der Waals surface area contributed by atoms with Gasteiger partial charge in [-0.05, 0) is 30.7 Å². The summed E-state index contributed by atoms with van der Waals surface area (Å²) in [4.78, 5) is 2.20. The van der Waals surface area contributed by atoms with Crippen LogP contribution < -0.4 is 10.2 Å². The molecule has 0 saturated carbocycles. The summed E-state index contributed by atoms with van der Waals surface area (Å²) >= 11 is 0. The third-order valence-electron chi connectivity index (χ3n) is 3.58. The molecule has 0 amide bonds. The molecule has 2 aliphatic rings. The first-order chi connectivity index (χ1) is 8.04. The lowest BCUT2D eigenvalue weighted by molar-refractivity contribution is -0.137. The molecule has 3 rings (SSSR count). The summed E-state index contributed by atoms with van der Waals surface area (Å²) in [6.45, 7) is 1.84. The van der Waals surface area contributed by atoms with E-state index >= 15 is 0 Å². The van der Waals surface area contributed by atoms with Gasteiger partial charge in [0, 0.05) is 30.9 Å².